The lowest BCUT2D eigenvalue weighted by Crippen LogP contribution is -2.51. The van der Waals surface area contributed by atoms with Gasteiger partial charge in [0.1, 0.15) is 0 Å². The molecule has 2 aliphatic rings. The number of anilines is 1. The van der Waals surface area contributed by atoms with E-state index in [9.17, 15) is 14.3 Å². The summed E-state index contributed by atoms with van der Waals surface area (Å²) >= 11 is 0. The Morgan fingerprint density at radius 3 is 2.52 bits per heavy atom. The van der Waals surface area contributed by atoms with Gasteiger partial charge in [0.25, 0.3) is 0 Å². The Hall–Kier alpha value is -1.66. The van der Waals surface area contributed by atoms with Crippen LogP contribution in [-0.4, -0.2) is 54.8 Å². The van der Waals surface area contributed by atoms with Crippen LogP contribution in [0.4, 0.5) is 10.1 Å². The first-order valence-electron chi connectivity index (χ1n) is 10.2. The molecule has 150 valence electrons. The molecule has 27 heavy (non-hydrogen) atoms. The van der Waals surface area contributed by atoms with Gasteiger partial charge in [-0.05, 0) is 38.2 Å². The summed E-state index contributed by atoms with van der Waals surface area (Å²) in [6, 6.07) is 5.10. The number of aliphatic hydroxyl groups excluding tert-OH is 1. The van der Waals surface area contributed by atoms with E-state index < -0.39 is 0 Å². The maximum atomic E-state index is 14.4. The van der Waals surface area contributed by atoms with Gasteiger partial charge < -0.3 is 19.6 Å². The van der Waals surface area contributed by atoms with Crippen LogP contribution < -0.4 is 4.90 Å². The zero-order valence-corrected chi connectivity index (χ0v) is 16.2. The Morgan fingerprint density at radius 1 is 1.19 bits per heavy atom. The van der Waals surface area contributed by atoms with Crippen LogP contribution in [0, 0.1) is 11.7 Å². The van der Waals surface area contributed by atoms with Gasteiger partial charge in [0.15, 0.2) is 5.82 Å². The van der Waals surface area contributed by atoms with Crippen molar-refractivity contribution in [3.05, 3.63) is 29.6 Å². The second kappa shape index (κ2) is 9.51. The van der Waals surface area contributed by atoms with E-state index in [4.69, 9.17) is 4.74 Å². The Kier molecular flexibility index (Phi) is 7.07. The van der Waals surface area contributed by atoms with Crippen molar-refractivity contribution in [3.63, 3.8) is 0 Å². The van der Waals surface area contributed by atoms with Crippen LogP contribution >= 0.6 is 0 Å². The van der Waals surface area contributed by atoms with E-state index in [-0.39, 0.29) is 24.2 Å². The lowest BCUT2D eigenvalue weighted by Gasteiger charge is -2.39. The molecule has 0 aromatic heterocycles. The molecule has 1 aliphatic heterocycles. The van der Waals surface area contributed by atoms with Crippen LogP contribution in [0.1, 0.15) is 44.6 Å². The normalized spacial score (nSPS) is 23.5. The quantitative estimate of drug-likeness (QED) is 0.827. The van der Waals surface area contributed by atoms with Crippen molar-refractivity contribution < 1.29 is 19.0 Å². The molecule has 1 N–H and O–H groups in total. The van der Waals surface area contributed by atoms with E-state index in [1.54, 1.807) is 18.2 Å². The monoisotopic (exact) mass is 378 g/mol. The van der Waals surface area contributed by atoms with Crippen molar-refractivity contribution >= 4 is 11.6 Å². The van der Waals surface area contributed by atoms with E-state index in [2.05, 4.69) is 6.92 Å². The summed E-state index contributed by atoms with van der Waals surface area (Å²) in [5.41, 5.74) is 0.829. The van der Waals surface area contributed by atoms with Crippen molar-refractivity contribution in [2.45, 2.75) is 51.7 Å². The molecule has 5 nitrogen and oxygen atoms in total. The highest BCUT2D eigenvalue weighted by Crippen LogP contribution is 2.29. The average molecular weight is 378 g/mol. The van der Waals surface area contributed by atoms with Crippen LogP contribution in [-0.2, 0) is 16.1 Å². The largest absolute Gasteiger partial charge is 0.392 e. The fourth-order valence-corrected chi connectivity index (χ4v) is 4.12. The minimum absolute atomic E-state index is 0.104. The molecule has 0 bridgehead atoms. The van der Waals surface area contributed by atoms with Gasteiger partial charge in [-0.2, -0.15) is 0 Å². The number of nitrogens with zero attached hydrogens (tertiary/aromatic N) is 2. The average Bonchev–Trinajstić information content (AvgIpc) is 2.72. The summed E-state index contributed by atoms with van der Waals surface area (Å²) in [5, 5.41) is 9.25. The fraction of sp³-hybridized carbons (Fsp3) is 0.667. The highest BCUT2D eigenvalue weighted by Gasteiger charge is 2.31. The van der Waals surface area contributed by atoms with Crippen LogP contribution in [0.25, 0.3) is 0 Å². The zero-order chi connectivity index (χ0) is 19.2. The Balaban J connectivity index is 1.50. The Morgan fingerprint density at radius 2 is 1.89 bits per heavy atom. The fourth-order valence-electron chi connectivity index (χ4n) is 4.12. The molecule has 0 radical (unpaired) electrons. The molecule has 0 unspecified atom stereocenters. The van der Waals surface area contributed by atoms with E-state index in [0.717, 1.165) is 38.7 Å². The molecule has 1 heterocycles. The van der Waals surface area contributed by atoms with Crippen molar-refractivity contribution in [1.29, 1.82) is 0 Å². The standard InChI is InChI=1S/C21H31FN2O3/c1-2-14-27-18-8-6-16(7-9-18)21(26)24-12-10-23(11-13-24)19-5-3-4-17(15-25)20(19)22/h3-5,16,18,25H,2,6-15H2,1H3. The molecular formula is C21H31FN2O3. The van der Waals surface area contributed by atoms with Crippen molar-refractivity contribution in [2.75, 3.05) is 37.7 Å². The number of hydrogen-bond donors (Lipinski definition) is 1. The highest BCUT2D eigenvalue weighted by atomic mass is 19.1. The predicted octanol–water partition coefficient (Wildman–Crippen LogP) is 2.95. The third-order valence-corrected chi connectivity index (χ3v) is 5.74. The van der Waals surface area contributed by atoms with Crippen molar-refractivity contribution in [1.82, 2.24) is 4.90 Å². The molecule has 6 heteroatoms. The van der Waals surface area contributed by atoms with Crippen LogP contribution in [0.2, 0.25) is 0 Å². The summed E-state index contributed by atoms with van der Waals surface area (Å²) in [6.07, 6.45) is 5.09. The second-order valence-corrected chi connectivity index (χ2v) is 7.57. The van der Waals surface area contributed by atoms with Crippen molar-refractivity contribution in [2.24, 2.45) is 5.92 Å². The van der Waals surface area contributed by atoms with Crippen LogP contribution in [0.15, 0.2) is 18.2 Å². The smallest absolute Gasteiger partial charge is 0.225 e. The molecule has 1 amide bonds. The summed E-state index contributed by atoms with van der Waals surface area (Å²) in [6.45, 7) is 5.09. The lowest BCUT2D eigenvalue weighted by molar-refractivity contribution is -0.137. The first kappa shape index (κ1) is 20.1. The highest BCUT2D eigenvalue weighted by molar-refractivity contribution is 5.79. The van der Waals surface area contributed by atoms with Crippen molar-refractivity contribution in [3.8, 4) is 0 Å². The SMILES string of the molecule is CCCOC1CCC(C(=O)N2CCN(c3cccc(CO)c3F)CC2)CC1. The third-order valence-electron chi connectivity index (χ3n) is 5.74. The zero-order valence-electron chi connectivity index (χ0n) is 16.2. The molecule has 3 rings (SSSR count). The van der Waals surface area contributed by atoms with E-state index in [0.29, 0.717) is 43.5 Å². The summed E-state index contributed by atoms with van der Waals surface area (Å²) in [7, 11) is 0. The van der Waals surface area contributed by atoms with Gasteiger partial charge in [-0.1, -0.05) is 19.1 Å². The number of amides is 1. The topological polar surface area (TPSA) is 53.0 Å². The molecule has 0 atom stereocenters. The molecule has 2 fully saturated rings. The van der Waals surface area contributed by atoms with E-state index in [1.165, 1.54) is 0 Å². The van der Waals surface area contributed by atoms with Gasteiger partial charge in [0.2, 0.25) is 5.91 Å². The molecule has 1 saturated carbocycles. The minimum Gasteiger partial charge on any atom is -0.392 e. The van der Waals surface area contributed by atoms with Gasteiger partial charge in [-0.15, -0.1) is 0 Å². The number of rotatable bonds is 6. The second-order valence-electron chi connectivity index (χ2n) is 7.57. The maximum Gasteiger partial charge on any atom is 0.225 e. The van der Waals surface area contributed by atoms with Gasteiger partial charge in [-0.25, -0.2) is 4.39 Å². The molecule has 1 saturated heterocycles. The first-order valence-corrected chi connectivity index (χ1v) is 10.2. The summed E-state index contributed by atoms with van der Waals surface area (Å²) < 4.78 is 20.2. The number of aliphatic hydroxyl groups is 1. The van der Waals surface area contributed by atoms with Crippen LogP contribution in [0.5, 0.6) is 0 Å². The van der Waals surface area contributed by atoms with Gasteiger partial charge in [-0.3, -0.25) is 4.79 Å². The molecule has 1 aromatic carbocycles. The lowest BCUT2D eigenvalue weighted by atomic mass is 9.86. The van der Waals surface area contributed by atoms with Gasteiger partial charge in [0, 0.05) is 44.3 Å². The minimum atomic E-state index is -0.356. The predicted molar refractivity (Wildman–Crippen MR) is 103 cm³/mol. The molecule has 1 aromatic rings. The van der Waals surface area contributed by atoms with Gasteiger partial charge in [0.05, 0.1) is 18.4 Å². The number of halogens is 1. The number of benzene rings is 1. The molecule has 1 aliphatic carbocycles. The van der Waals surface area contributed by atoms with Gasteiger partial charge >= 0.3 is 0 Å². The number of ether oxygens (including phenoxy) is 1. The first-order chi connectivity index (χ1) is 13.1. The van der Waals surface area contributed by atoms with E-state index in [1.807, 2.05) is 9.80 Å². The number of piperazine rings is 1. The summed E-state index contributed by atoms with van der Waals surface area (Å²) in [5.74, 6) is -0.00849. The Labute approximate surface area is 161 Å². The maximum absolute atomic E-state index is 14.4. The number of carbonyl (C=O) groups excluding carboxylic acids is 1. The Bertz CT molecular complexity index is 624. The number of hydrogen-bond acceptors (Lipinski definition) is 4. The van der Waals surface area contributed by atoms with Crippen LogP contribution in [0.3, 0.4) is 0 Å². The summed E-state index contributed by atoms with van der Waals surface area (Å²) in [4.78, 5) is 16.7. The van der Waals surface area contributed by atoms with E-state index >= 15 is 0 Å². The molecular weight excluding hydrogens is 347 g/mol. The third kappa shape index (κ3) is 4.79. The molecule has 0 spiro atoms. The number of carbonyl (C=O) groups is 1.